The van der Waals surface area contributed by atoms with Gasteiger partial charge in [-0.15, -0.1) is 0 Å². The number of anilines is 2. The number of carbonyl (C=O) groups is 1. The van der Waals surface area contributed by atoms with E-state index in [0.717, 1.165) is 19.5 Å². The van der Waals surface area contributed by atoms with Gasteiger partial charge in [-0.1, -0.05) is 12.1 Å². The fourth-order valence-electron chi connectivity index (χ4n) is 2.60. The van der Waals surface area contributed by atoms with E-state index in [1.54, 1.807) is 12.1 Å². The first kappa shape index (κ1) is 12.7. The predicted octanol–water partition coefficient (Wildman–Crippen LogP) is 1.51. The molecule has 0 fully saturated rings. The number of nitrogens with zero attached hydrogens (tertiary/aromatic N) is 1. The Bertz CT molecular complexity index is 660. The Morgan fingerprint density at radius 2 is 2.20 bits per heavy atom. The topological polar surface area (TPSA) is 72.1 Å². The van der Waals surface area contributed by atoms with E-state index in [0.29, 0.717) is 17.1 Å². The first-order valence-corrected chi connectivity index (χ1v) is 6.71. The number of para-hydroxylation sites is 2. The molecule has 5 heteroatoms. The lowest BCUT2D eigenvalue weighted by Gasteiger charge is -2.15. The summed E-state index contributed by atoms with van der Waals surface area (Å²) in [5.74, 6) is -0.125. The zero-order valence-corrected chi connectivity index (χ0v) is 11.4. The van der Waals surface area contributed by atoms with Crippen molar-refractivity contribution in [3.8, 4) is 0 Å². The van der Waals surface area contributed by atoms with Crippen LogP contribution in [0.4, 0.5) is 11.4 Å². The number of fused-ring (bicyclic) bond motifs is 1. The Balaban J connectivity index is 1.88. The van der Waals surface area contributed by atoms with Crippen LogP contribution in [0.3, 0.4) is 0 Å². The van der Waals surface area contributed by atoms with Crippen LogP contribution >= 0.6 is 0 Å². The molecule has 0 saturated heterocycles. The molecule has 5 nitrogen and oxygen atoms in total. The zero-order chi connectivity index (χ0) is 14.1. The van der Waals surface area contributed by atoms with E-state index >= 15 is 0 Å². The first-order valence-electron chi connectivity index (χ1n) is 6.71. The Morgan fingerprint density at radius 3 is 2.95 bits per heavy atom. The molecule has 0 bridgehead atoms. The SMILES string of the molecule is Cn1c(C(=O)Nc2ccccc2N)cc2c1CNCC2. The zero-order valence-electron chi connectivity index (χ0n) is 11.4. The van der Waals surface area contributed by atoms with Crippen LogP contribution in [-0.4, -0.2) is 17.0 Å². The molecule has 0 saturated carbocycles. The van der Waals surface area contributed by atoms with Crippen LogP contribution in [0, 0.1) is 0 Å². The van der Waals surface area contributed by atoms with Crippen molar-refractivity contribution in [1.82, 2.24) is 9.88 Å². The number of aromatic nitrogens is 1. The van der Waals surface area contributed by atoms with Crippen LogP contribution in [0.2, 0.25) is 0 Å². The number of hydrogen-bond donors (Lipinski definition) is 3. The quantitative estimate of drug-likeness (QED) is 0.724. The summed E-state index contributed by atoms with van der Waals surface area (Å²) < 4.78 is 1.95. The van der Waals surface area contributed by atoms with Crippen molar-refractivity contribution in [2.45, 2.75) is 13.0 Å². The fraction of sp³-hybridized carbons (Fsp3) is 0.267. The molecule has 0 radical (unpaired) electrons. The van der Waals surface area contributed by atoms with E-state index in [4.69, 9.17) is 5.73 Å². The molecule has 1 aromatic heterocycles. The fourth-order valence-corrected chi connectivity index (χ4v) is 2.60. The third-order valence-electron chi connectivity index (χ3n) is 3.75. The lowest BCUT2D eigenvalue weighted by atomic mass is 10.1. The molecule has 1 amide bonds. The molecule has 3 rings (SSSR count). The normalized spacial score (nSPS) is 13.8. The second-order valence-electron chi connectivity index (χ2n) is 5.03. The number of nitrogen functional groups attached to an aromatic ring is 1. The van der Waals surface area contributed by atoms with Crippen LogP contribution in [0.1, 0.15) is 21.7 Å². The molecule has 1 aromatic carbocycles. The number of nitrogens with one attached hydrogen (secondary N) is 2. The van der Waals surface area contributed by atoms with Crippen LogP contribution in [-0.2, 0) is 20.0 Å². The lowest BCUT2D eigenvalue weighted by Crippen LogP contribution is -2.25. The summed E-state index contributed by atoms with van der Waals surface area (Å²) in [5, 5.41) is 6.19. The Labute approximate surface area is 117 Å². The van der Waals surface area contributed by atoms with Crippen molar-refractivity contribution in [2.24, 2.45) is 7.05 Å². The van der Waals surface area contributed by atoms with E-state index in [1.165, 1.54) is 11.3 Å². The standard InChI is InChI=1S/C15H18N4O/c1-19-13(8-10-6-7-17-9-14(10)19)15(20)18-12-5-3-2-4-11(12)16/h2-5,8,17H,6-7,9,16H2,1H3,(H,18,20). The van der Waals surface area contributed by atoms with Crippen molar-refractivity contribution >= 4 is 17.3 Å². The minimum atomic E-state index is -0.125. The second kappa shape index (κ2) is 5.02. The number of amides is 1. The minimum absolute atomic E-state index is 0.125. The first-order chi connectivity index (χ1) is 9.66. The number of carbonyl (C=O) groups excluding carboxylic acids is 1. The summed E-state index contributed by atoms with van der Waals surface area (Å²) in [6.45, 7) is 1.77. The lowest BCUT2D eigenvalue weighted by molar-refractivity contribution is 0.101. The van der Waals surface area contributed by atoms with E-state index in [-0.39, 0.29) is 5.91 Å². The smallest absolute Gasteiger partial charge is 0.272 e. The Kier molecular flexibility index (Phi) is 3.20. The van der Waals surface area contributed by atoms with Gasteiger partial charge in [-0.25, -0.2) is 0 Å². The van der Waals surface area contributed by atoms with E-state index in [1.807, 2.05) is 29.8 Å². The number of benzene rings is 1. The highest BCUT2D eigenvalue weighted by Crippen LogP contribution is 2.21. The van der Waals surface area contributed by atoms with Crippen molar-refractivity contribution in [3.63, 3.8) is 0 Å². The monoisotopic (exact) mass is 270 g/mol. The summed E-state index contributed by atoms with van der Waals surface area (Å²) in [6.07, 6.45) is 0.962. The van der Waals surface area contributed by atoms with Gasteiger partial charge in [-0.05, 0) is 36.7 Å². The van der Waals surface area contributed by atoms with Crippen LogP contribution in [0.15, 0.2) is 30.3 Å². The third-order valence-corrected chi connectivity index (χ3v) is 3.75. The van der Waals surface area contributed by atoms with Gasteiger partial charge in [0, 0.05) is 19.3 Å². The molecule has 104 valence electrons. The number of rotatable bonds is 2. The summed E-state index contributed by atoms with van der Waals surface area (Å²) in [7, 11) is 1.93. The minimum Gasteiger partial charge on any atom is -0.397 e. The molecule has 0 spiro atoms. The van der Waals surface area contributed by atoms with Gasteiger partial charge < -0.3 is 20.9 Å². The largest absolute Gasteiger partial charge is 0.397 e. The summed E-state index contributed by atoms with van der Waals surface area (Å²) >= 11 is 0. The van der Waals surface area contributed by atoms with Crippen molar-refractivity contribution in [3.05, 3.63) is 47.3 Å². The Morgan fingerprint density at radius 1 is 1.40 bits per heavy atom. The van der Waals surface area contributed by atoms with Crippen LogP contribution in [0.25, 0.3) is 0 Å². The maximum atomic E-state index is 12.4. The van der Waals surface area contributed by atoms with Gasteiger partial charge in [-0.3, -0.25) is 4.79 Å². The highest BCUT2D eigenvalue weighted by atomic mass is 16.1. The summed E-state index contributed by atoms with van der Waals surface area (Å²) in [5.41, 5.74) is 10.2. The van der Waals surface area contributed by atoms with Crippen LogP contribution < -0.4 is 16.4 Å². The molecular formula is C15H18N4O. The van der Waals surface area contributed by atoms with E-state index < -0.39 is 0 Å². The summed E-state index contributed by atoms with van der Waals surface area (Å²) in [4.78, 5) is 12.4. The Hall–Kier alpha value is -2.27. The van der Waals surface area contributed by atoms with Gasteiger partial charge in [-0.2, -0.15) is 0 Å². The molecule has 0 atom stereocenters. The van der Waals surface area contributed by atoms with Crippen molar-refractivity contribution < 1.29 is 4.79 Å². The molecule has 1 aliphatic rings. The molecule has 2 aromatic rings. The molecule has 1 aliphatic heterocycles. The third kappa shape index (κ3) is 2.16. The van der Waals surface area contributed by atoms with Gasteiger partial charge >= 0.3 is 0 Å². The maximum Gasteiger partial charge on any atom is 0.272 e. The average molecular weight is 270 g/mol. The van der Waals surface area contributed by atoms with Gasteiger partial charge in [0.15, 0.2) is 0 Å². The molecule has 2 heterocycles. The average Bonchev–Trinajstić information content (AvgIpc) is 2.79. The molecule has 20 heavy (non-hydrogen) atoms. The highest BCUT2D eigenvalue weighted by Gasteiger charge is 2.20. The van der Waals surface area contributed by atoms with Crippen molar-refractivity contribution in [1.29, 1.82) is 0 Å². The molecule has 0 aliphatic carbocycles. The number of hydrogen-bond acceptors (Lipinski definition) is 3. The van der Waals surface area contributed by atoms with Crippen LogP contribution in [0.5, 0.6) is 0 Å². The van der Waals surface area contributed by atoms with Gasteiger partial charge in [0.1, 0.15) is 5.69 Å². The second-order valence-corrected chi connectivity index (χ2v) is 5.03. The number of nitrogens with two attached hydrogens (primary N) is 1. The molecule has 0 unspecified atom stereocenters. The van der Waals surface area contributed by atoms with Gasteiger partial charge in [0.05, 0.1) is 11.4 Å². The van der Waals surface area contributed by atoms with E-state index in [9.17, 15) is 4.79 Å². The van der Waals surface area contributed by atoms with E-state index in [2.05, 4.69) is 10.6 Å². The van der Waals surface area contributed by atoms with Gasteiger partial charge in [0.2, 0.25) is 0 Å². The molecule has 4 N–H and O–H groups in total. The van der Waals surface area contributed by atoms with Crippen molar-refractivity contribution in [2.75, 3.05) is 17.6 Å². The van der Waals surface area contributed by atoms with Gasteiger partial charge in [0.25, 0.3) is 5.91 Å². The summed E-state index contributed by atoms with van der Waals surface area (Å²) in [6, 6.07) is 9.25. The predicted molar refractivity (Wildman–Crippen MR) is 79.6 cm³/mol. The molecular weight excluding hydrogens is 252 g/mol. The highest BCUT2D eigenvalue weighted by molar-refractivity contribution is 6.05. The maximum absolute atomic E-state index is 12.4.